The first kappa shape index (κ1) is 18.1. The molecule has 2 N–H and O–H groups in total. The smallest absolute Gasteiger partial charge is 0.229 e. The summed E-state index contributed by atoms with van der Waals surface area (Å²) < 4.78 is 33.6. The van der Waals surface area contributed by atoms with Crippen LogP contribution in [0.3, 0.4) is 0 Å². The van der Waals surface area contributed by atoms with Crippen LogP contribution in [0.1, 0.15) is 43.8 Å². The van der Waals surface area contributed by atoms with Crippen molar-refractivity contribution in [3.63, 3.8) is 0 Å². The summed E-state index contributed by atoms with van der Waals surface area (Å²) in [5.74, 6) is -0.467. The summed E-state index contributed by atoms with van der Waals surface area (Å²) in [6.07, 6.45) is 3.80. The van der Waals surface area contributed by atoms with E-state index in [-0.39, 0.29) is 23.4 Å². The zero-order valence-electron chi connectivity index (χ0n) is 15.7. The van der Waals surface area contributed by atoms with Gasteiger partial charge in [-0.1, -0.05) is 0 Å². The fourth-order valence-electron chi connectivity index (χ4n) is 4.91. The summed E-state index contributed by atoms with van der Waals surface area (Å²) in [5, 5.41) is 0. The standard InChI is InChI=1S/C21H25F2N3O2/c22-13-3-4-16(23)15(9-13)20-17(24)10-14(11-28-20)25-7-5-19-18(25)6-8-26(19)21(27)12-1-2-12/h3-4,9,12,14,17,20H,1-2,5-8,10-11,24H2/t14-,17+,20-/m1/s1. The van der Waals surface area contributed by atoms with Crippen molar-refractivity contribution >= 4 is 5.91 Å². The van der Waals surface area contributed by atoms with E-state index >= 15 is 0 Å². The Kier molecular flexibility index (Phi) is 4.39. The van der Waals surface area contributed by atoms with Gasteiger partial charge in [-0.05, 0) is 37.5 Å². The van der Waals surface area contributed by atoms with Gasteiger partial charge in [0.25, 0.3) is 0 Å². The van der Waals surface area contributed by atoms with Crippen LogP contribution in [0.2, 0.25) is 0 Å². The second-order valence-corrected chi connectivity index (χ2v) is 8.32. The molecule has 1 amide bonds. The number of benzene rings is 1. The number of amides is 1. The highest BCUT2D eigenvalue weighted by Gasteiger charge is 2.43. The quantitative estimate of drug-likeness (QED) is 0.864. The fraction of sp³-hybridized carbons (Fsp3) is 0.571. The molecule has 4 aliphatic rings. The van der Waals surface area contributed by atoms with Crippen molar-refractivity contribution in [2.24, 2.45) is 11.7 Å². The van der Waals surface area contributed by atoms with Crippen LogP contribution < -0.4 is 5.73 Å². The Balaban J connectivity index is 1.30. The molecule has 0 aromatic heterocycles. The third-order valence-electron chi connectivity index (χ3n) is 6.47. The van der Waals surface area contributed by atoms with E-state index in [4.69, 9.17) is 10.5 Å². The molecule has 3 atom stereocenters. The van der Waals surface area contributed by atoms with Gasteiger partial charge in [-0.25, -0.2) is 8.78 Å². The second-order valence-electron chi connectivity index (χ2n) is 8.32. The lowest BCUT2D eigenvalue weighted by atomic mass is 9.93. The van der Waals surface area contributed by atoms with E-state index in [0.717, 1.165) is 50.9 Å². The van der Waals surface area contributed by atoms with Crippen molar-refractivity contribution in [2.45, 2.75) is 50.3 Å². The van der Waals surface area contributed by atoms with Gasteiger partial charge in [-0.3, -0.25) is 4.79 Å². The predicted molar refractivity (Wildman–Crippen MR) is 98.8 cm³/mol. The lowest BCUT2D eigenvalue weighted by Gasteiger charge is -2.40. The molecule has 5 nitrogen and oxygen atoms in total. The molecule has 150 valence electrons. The monoisotopic (exact) mass is 389 g/mol. The summed E-state index contributed by atoms with van der Waals surface area (Å²) >= 11 is 0. The van der Waals surface area contributed by atoms with E-state index in [1.54, 1.807) is 0 Å². The average molecular weight is 389 g/mol. The van der Waals surface area contributed by atoms with Crippen LogP contribution in [0, 0.1) is 17.6 Å². The van der Waals surface area contributed by atoms with E-state index in [2.05, 4.69) is 4.90 Å². The van der Waals surface area contributed by atoms with Gasteiger partial charge >= 0.3 is 0 Å². The van der Waals surface area contributed by atoms with Gasteiger partial charge in [0, 0.05) is 54.8 Å². The van der Waals surface area contributed by atoms with E-state index in [9.17, 15) is 13.6 Å². The Morgan fingerprint density at radius 3 is 2.68 bits per heavy atom. The van der Waals surface area contributed by atoms with Crippen LogP contribution in [0.5, 0.6) is 0 Å². The van der Waals surface area contributed by atoms with Crippen LogP contribution in [-0.4, -0.2) is 47.5 Å². The zero-order valence-corrected chi connectivity index (χ0v) is 15.7. The van der Waals surface area contributed by atoms with Gasteiger partial charge in [0.15, 0.2) is 0 Å². The molecular weight excluding hydrogens is 364 g/mol. The lowest BCUT2D eigenvalue weighted by molar-refractivity contribution is -0.130. The highest BCUT2D eigenvalue weighted by atomic mass is 19.1. The largest absolute Gasteiger partial charge is 0.370 e. The predicted octanol–water partition coefficient (Wildman–Crippen LogP) is 2.68. The Bertz CT molecular complexity index is 839. The number of carbonyl (C=O) groups is 1. The second kappa shape index (κ2) is 6.81. The van der Waals surface area contributed by atoms with Crippen molar-refractivity contribution in [1.82, 2.24) is 9.80 Å². The van der Waals surface area contributed by atoms with Gasteiger partial charge in [0.2, 0.25) is 5.91 Å². The maximum atomic E-state index is 14.1. The molecule has 1 aliphatic carbocycles. The number of ether oxygens (including phenoxy) is 1. The minimum atomic E-state index is -0.639. The molecule has 28 heavy (non-hydrogen) atoms. The Morgan fingerprint density at radius 1 is 1.14 bits per heavy atom. The number of hydrogen-bond donors (Lipinski definition) is 1. The van der Waals surface area contributed by atoms with E-state index in [1.807, 2.05) is 4.90 Å². The maximum absolute atomic E-state index is 14.1. The number of nitrogens with zero attached hydrogens (tertiary/aromatic N) is 2. The first-order chi connectivity index (χ1) is 13.5. The number of halogens is 2. The molecule has 3 heterocycles. The van der Waals surface area contributed by atoms with Crippen LogP contribution >= 0.6 is 0 Å². The molecule has 2 fully saturated rings. The SMILES string of the molecule is N[C@H]1C[C@@H](N2CCC3=C2CCN3C(=O)C2CC2)CO[C@@H]1c1cc(F)ccc1F. The van der Waals surface area contributed by atoms with Crippen LogP contribution in [0.25, 0.3) is 0 Å². The maximum Gasteiger partial charge on any atom is 0.229 e. The molecule has 0 bridgehead atoms. The molecule has 5 rings (SSSR count). The third-order valence-corrected chi connectivity index (χ3v) is 6.47. The van der Waals surface area contributed by atoms with Gasteiger partial charge in [0.1, 0.15) is 17.7 Å². The van der Waals surface area contributed by atoms with Crippen molar-refractivity contribution in [3.05, 3.63) is 46.8 Å². The van der Waals surface area contributed by atoms with Gasteiger partial charge in [-0.2, -0.15) is 0 Å². The summed E-state index contributed by atoms with van der Waals surface area (Å²) in [4.78, 5) is 16.8. The first-order valence-electron chi connectivity index (χ1n) is 10.1. The lowest BCUT2D eigenvalue weighted by Crippen LogP contribution is -2.48. The summed E-state index contributed by atoms with van der Waals surface area (Å²) in [5.41, 5.74) is 8.93. The summed E-state index contributed by atoms with van der Waals surface area (Å²) in [6.45, 7) is 2.05. The number of nitrogens with two attached hydrogens (primary N) is 1. The number of hydrogen-bond acceptors (Lipinski definition) is 4. The van der Waals surface area contributed by atoms with Gasteiger partial charge in [0.05, 0.1) is 12.6 Å². The van der Waals surface area contributed by atoms with Gasteiger partial charge in [-0.15, -0.1) is 0 Å². The Morgan fingerprint density at radius 2 is 1.93 bits per heavy atom. The van der Waals surface area contributed by atoms with E-state index in [0.29, 0.717) is 13.0 Å². The zero-order chi connectivity index (χ0) is 19.4. The fourth-order valence-corrected chi connectivity index (χ4v) is 4.91. The third kappa shape index (κ3) is 3.01. The van der Waals surface area contributed by atoms with Crippen molar-refractivity contribution in [2.75, 3.05) is 19.7 Å². The Hall–Kier alpha value is -1.99. The molecule has 1 aromatic rings. The Labute approximate surface area is 163 Å². The highest BCUT2D eigenvalue weighted by Crippen LogP contribution is 2.41. The molecule has 0 radical (unpaired) electrons. The highest BCUT2D eigenvalue weighted by molar-refractivity contribution is 5.83. The topological polar surface area (TPSA) is 58.8 Å². The van der Waals surface area contributed by atoms with E-state index < -0.39 is 23.8 Å². The van der Waals surface area contributed by atoms with Crippen molar-refractivity contribution in [1.29, 1.82) is 0 Å². The normalized spacial score (nSPS) is 30.2. The molecule has 0 unspecified atom stereocenters. The van der Waals surface area contributed by atoms with Gasteiger partial charge < -0.3 is 20.3 Å². The average Bonchev–Trinajstić information content (AvgIpc) is 3.32. The molecule has 7 heteroatoms. The minimum Gasteiger partial charge on any atom is -0.370 e. The number of carbonyl (C=O) groups excluding carboxylic acids is 1. The summed E-state index contributed by atoms with van der Waals surface area (Å²) in [6, 6.07) is 3.09. The van der Waals surface area contributed by atoms with E-state index in [1.165, 1.54) is 17.5 Å². The van der Waals surface area contributed by atoms with Crippen LogP contribution in [0.4, 0.5) is 8.78 Å². The molecular formula is C21H25F2N3O2. The molecule has 1 saturated heterocycles. The summed E-state index contributed by atoms with van der Waals surface area (Å²) in [7, 11) is 0. The first-order valence-corrected chi connectivity index (χ1v) is 10.1. The molecule has 0 spiro atoms. The molecule has 3 aliphatic heterocycles. The van der Waals surface area contributed by atoms with Crippen molar-refractivity contribution < 1.29 is 18.3 Å². The van der Waals surface area contributed by atoms with Crippen LogP contribution in [0.15, 0.2) is 29.6 Å². The van der Waals surface area contributed by atoms with Crippen LogP contribution in [-0.2, 0) is 9.53 Å². The minimum absolute atomic E-state index is 0.103. The number of rotatable bonds is 3. The molecule has 1 aromatic carbocycles. The molecule has 1 saturated carbocycles. The van der Waals surface area contributed by atoms with Crippen molar-refractivity contribution in [3.8, 4) is 0 Å².